The molecular weight excluding hydrogens is 438 g/mol. The van der Waals surface area contributed by atoms with Gasteiger partial charge in [0.1, 0.15) is 12.4 Å². The number of hydrogen-bond donors (Lipinski definition) is 0. The Hall–Kier alpha value is -3.23. The number of aryl methyl sites for hydroxylation is 2. The highest BCUT2D eigenvalue weighted by Gasteiger charge is 2.31. The fourth-order valence-corrected chi connectivity index (χ4v) is 5.51. The first-order valence-corrected chi connectivity index (χ1v) is 12.3. The number of carbonyl (C=O) groups is 1. The third-order valence-corrected chi connectivity index (χ3v) is 7.76. The Morgan fingerprint density at radius 2 is 1.73 bits per heavy atom. The molecule has 1 aliphatic heterocycles. The van der Waals surface area contributed by atoms with Gasteiger partial charge < -0.3 is 9.64 Å². The smallest absolute Gasteiger partial charge is 0.253 e. The van der Waals surface area contributed by atoms with Gasteiger partial charge in [-0.05, 0) is 61.4 Å². The first-order valence-electron chi connectivity index (χ1n) is 10.8. The van der Waals surface area contributed by atoms with Gasteiger partial charge in [0, 0.05) is 49.7 Å². The highest BCUT2D eigenvalue weighted by Crippen LogP contribution is 2.23. The Morgan fingerprint density at radius 3 is 2.39 bits per heavy atom. The Morgan fingerprint density at radius 1 is 1.00 bits per heavy atom. The lowest BCUT2D eigenvalue weighted by Crippen LogP contribution is -2.50. The van der Waals surface area contributed by atoms with Crippen molar-refractivity contribution in [2.45, 2.75) is 25.3 Å². The molecule has 0 radical (unpaired) electrons. The number of sulfonamides is 1. The summed E-state index contributed by atoms with van der Waals surface area (Å²) in [5.41, 5.74) is 3.15. The second kappa shape index (κ2) is 9.72. The minimum absolute atomic E-state index is 0.113. The number of ether oxygens (including phenoxy) is 1. The Balaban J connectivity index is 1.35. The molecule has 7 nitrogen and oxygen atoms in total. The van der Waals surface area contributed by atoms with Crippen molar-refractivity contribution in [2.75, 3.05) is 26.2 Å². The number of hydrogen-bond acceptors (Lipinski definition) is 5. The van der Waals surface area contributed by atoms with E-state index in [9.17, 15) is 13.2 Å². The molecule has 1 aromatic heterocycles. The van der Waals surface area contributed by atoms with Crippen LogP contribution in [0.1, 0.15) is 27.0 Å². The molecule has 1 amide bonds. The van der Waals surface area contributed by atoms with E-state index in [0.29, 0.717) is 35.9 Å². The fraction of sp³-hybridized carbons (Fsp3) is 0.280. The molecule has 3 aromatic rings. The van der Waals surface area contributed by atoms with E-state index in [1.807, 2.05) is 31.2 Å². The average molecular weight is 466 g/mol. The first kappa shape index (κ1) is 22.9. The van der Waals surface area contributed by atoms with Crippen molar-refractivity contribution in [1.29, 1.82) is 0 Å². The molecule has 2 heterocycles. The summed E-state index contributed by atoms with van der Waals surface area (Å²) >= 11 is 0. The van der Waals surface area contributed by atoms with E-state index < -0.39 is 10.0 Å². The summed E-state index contributed by atoms with van der Waals surface area (Å²) in [6.45, 7) is 5.32. The zero-order valence-electron chi connectivity index (χ0n) is 18.8. The summed E-state index contributed by atoms with van der Waals surface area (Å²) in [6, 6.07) is 16.2. The van der Waals surface area contributed by atoms with E-state index in [4.69, 9.17) is 4.74 Å². The molecule has 0 atom stereocenters. The van der Waals surface area contributed by atoms with Crippen molar-refractivity contribution < 1.29 is 17.9 Å². The lowest BCUT2D eigenvalue weighted by atomic mass is 10.2. The minimum atomic E-state index is -3.59. The van der Waals surface area contributed by atoms with Gasteiger partial charge in [-0.1, -0.05) is 18.2 Å². The summed E-state index contributed by atoms with van der Waals surface area (Å²) < 4.78 is 33.4. The third kappa shape index (κ3) is 5.23. The summed E-state index contributed by atoms with van der Waals surface area (Å²) in [4.78, 5) is 19.0. The van der Waals surface area contributed by atoms with Gasteiger partial charge in [-0.15, -0.1) is 0 Å². The number of pyridine rings is 1. The van der Waals surface area contributed by atoms with E-state index in [-0.39, 0.29) is 19.0 Å². The quantitative estimate of drug-likeness (QED) is 0.557. The molecule has 33 heavy (non-hydrogen) atoms. The van der Waals surface area contributed by atoms with E-state index in [1.165, 1.54) is 4.31 Å². The van der Waals surface area contributed by atoms with E-state index in [0.717, 1.165) is 16.7 Å². The van der Waals surface area contributed by atoms with Gasteiger partial charge in [0.05, 0.1) is 4.90 Å². The van der Waals surface area contributed by atoms with E-state index >= 15 is 0 Å². The fourth-order valence-electron chi connectivity index (χ4n) is 3.78. The number of nitrogens with zero attached hydrogens (tertiary/aromatic N) is 3. The van der Waals surface area contributed by atoms with Crippen molar-refractivity contribution in [3.8, 4) is 5.75 Å². The van der Waals surface area contributed by atoms with Gasteiger partial charge in [0.15, 0.2) is 0 Å². The molecule has 0 unspecified atom stereocenters. The SMILES string of the molecule is Cc1ccc(C)c(S(=O)(=O)N2CCN(C(=O)c3ccc(OCc4cccnc4)cc3)CC2)c1. The average Bonchev–Trinajstić information content (AvgIpc) is 2.85. The maximum atomic E-state index is 13.1. The Labute approximate surface area is 194 Å². The lowest BCUT2D eigenvalue weighted by Gasteiger charge is -2.34. The summed E-state index contributed by atoms with van der Waals surface area (Å²) in [7, 11) is -3.59. The molecule has 0 aliphatic carbocycles. The normalized spacial score (nSPS) is 14.8. The molecule has 4 rings (SSSR count). The number of amides is 1. The van der Waals surface area contributed by atoms with Crippen LogP contribution in [0.2, 0.25) is 0 Å². The standard InChI is InChI=1S/C25H27N3O4S/c1-19-5-6-20(2)24(16-19)33(30,31)28-14-12-27(13-15-28)25(29)22-7-9-23(10-8-22)32-18-21-4-3-11-26-17-21/h3-11,16-17H,12-15,18H2,1-2H3. The van der Waals surface area contributed by atoms with Crippen LogP contribution in [0.25, 0.3) is 0 Å². The van der Waals surface area contributed by atoms with Crippen LogP contribution in [-0.4, -0.2) is 54.7 Å². The third-order valence-electron chi connectivity index (χ3n) is 5.72. The van der Waals surface area contributed by atoms with Crippen molar-refractivity contribution in [3.05, 3.63) is 89.2 Å². The molecule has 2 aromatic carbocycles. The largest absolute Gasteiger partial charge is 0.489 e. The molecule has 0 spiro atoms. The molecule has 0 saturated carbocycles. The van der Waals surface area contributed by atoms with Crippen LogP contribution in [0.15, 0.2) is 71.9 Å². The molecule has 1 fully saturated rings. The van der Waals surface area contributed by atoms with Gasteiger partial charge in [-0.25, -0.2) is 8.42 Å². The Bertz CT molecular complexity index is 1220. The lowest BCUT2D eigenvalue weighted by molar-refractivity contribution is 0.0698. The van der Waals surface area contributed by atoms with Gasteiger partial charge in [-0.2, -0.15) is 4.31 Å². The van der Waals surface area contributed by atoms with Gasteiger partial charge in [0.25, 0.3) is 5.91 Å². The number of benzene rings is 2. The van der Waals surface area contributed by atoms with Crippen LogP contribution in [0.3, 0.4) is 0 Å². The molecule has 1 aliphatic rings. The maximum absolute atomic E-state index is 13.1. The van der Waals surface area contributed by atoms with Crippen molar-refractivity contribution >= 4 is 15.9 Å². The van der Waals surface area contributed by atoms with Crippen molar-refractivity contribution in [2.24, 2.45) is 0 Å². The molecule has 8 heteroatoms. The minimum Gasteiger partial charge on any atom is -0.489 e. The van der Waals surface area contributed by atoms with Crippen LogP contribution in [-0.2, 0) is 16.6 Å². The zero-order valence-corrected chi connectivity index (χ0v) is 19.6. The molecular formula is C25H27N3O4S. The van der Waals surface area contributed by atoms with Crippen LogP contribution < -0.4 is 4.74 Å². The monoisotopic (exact) mass is 465 g/mol. The summed E-state index contributed by atoms with van der Waals surface area (Å²) in [5, 5.41) is 0. The van der Waals surface area contributed by atoms with Crippen LogP contribution >= 0.6 is 0 Å². The maximum Gasteiger partial charge on any atom is 0.253 e. The first-order chi connectivity index (χ1) is 15.8. The highest BCUT2D eigenvalue weighted by molar-refractivity contribution is 7.89. The Kier molecular flexibility index (Phi) is 6.76. The topological polar surface area (TPSA) is 79.8 Å². The van der Waals surface area contributed by atoms with Crippen LogP contribution in [0.4, 0.5) is 0 Å². The molecule has 172 valence electrons. The van der Waals surface area contributed by atoms with Crippen molar-refractivity contribution in [1.82, 2.24) is 14.2 Å². The second-order valence-electron chi connectivity index (χ2n) is 8.14. The predicted octanol–water partition coefficient (Wildman–Crippen LogP) is 3.42. The number of carbonyl (C=O) groups excluding carboxylic acids is 1. The van der Waals surface area contributed by atoms with Crippen LogP contribution in [0.5, 0.6) is 5.75 Å². The molecule has 0 bridgehead atoms. The van der Waals surface area contributed by atoms with E-state index in [1.54, 1.807) is 54.5 Å². The molecule has 0 N–H and O–H groups in total. The van der Waals surface area contributed by atoms with Crippen LogP contribution in [0, 0.1) is 13.8 Å². The predicted molar refractivity (Wildman–Crippen MR) is 126 cm³/mol. The highest BCUT2D eigenvalue weighted by atomic mass is 32.2. The van der Waals surface area contributed by atoms with Gasteiger partial charge >= 0.3 is 0 Å². The number of aromatic nitrogens is 1. The van der Waals surface area contributed by atoms with Crippen molar-refractivity contribution in [3.63, 3.8) is 0 Å². The number of rotatable bonds is 6. The van der Waals surface area contributed by atoms with E-state index in [2.05, 4.69) is 4.98 Å². The second-order valence-corrected chi connectivity index (χ2v) is 10.0. The zero-order chi connectivity index (χ0) is 23.4. The van der Waals surface area contributed by atoms with Gasteiger partial charge in [-0.3, -0.25) is 9.78 Å². The summed E-state index contributed by atoms with van der Waals surface area (Å²) in [5.74, 6) is 0.553. The summed E-state index contributed by atoms with van der Waals surface area (Å²) in [6.07, 6.45) is 3.46. The molecule has 1 saturated heterocycles. The van der Waals surface area contributed by atoms with Gasteiger partial charge in [0.2, 0.25) is 10.0 Å². The number of piperazine rings is 1.